The van der Waals surface area contributed by atoms with E-state index >= 15 is 0 Å². The molecule has 1 N–H and O–H groups in total. The number of carbonyl (C=O) groups is 1. The van der Waals surface area contributed by atoms with Crippen LogP contribution in [0.3, 0.4) is 0 Å². The zero-order valence-electron chi connectivity index (χ0n) is 13.4. The molecule has 3 rings (SSSR count). The molecule has 2 aromatic carbocycles. The summed E-state index contributed by atoms with van der Waals surface area (Å²) >= 11 is 6.19. The predicted molar refractivity (Wildman–Crippen MR) is 96.4 cm³/mol. The second-order valence-electron chi connectivity index (χ2n) is 5.55. The van der Waals surface area contributed by atoms with Crippen LogP contribution < -0.4 is 5.32 Å². The van der Waals surface area contributed by atoms with Crippen molar-refractivity contribution in [3.8, 4) is 11.3 Å². The fraction of sp³-hybridized carbons (Fsp3) is 0.150. The zero-order chi connectivity index (χ0) is 16.9. The lowest BCUT2D eigenvalue weighted by Crippen LogP contribution is -2.25. The van der Waals surface area contributed by atoms with Crippen LogP contribution in [0.2, 0.25) is 5.02 Å². The number of carbonyl (C=O) groups excluding carboxylic acids is 1. The molecule has 0 radical (unpaired) electrons. The molecule has 3 nitrogen and oxygen atoms in total. The molecule has 0 aliphatic rings. The van der Waals surface area contributed by atoms with E-state index in [4.69, 9.17) is 16.0 Å². The minimum atomic E-state index is -0.134. The van der Waals surface area contributed by atoms with Gasteiger partial charge in [-0.2, -0.15) is 0 Å². The number of halogens is 1. The summed E-state index contributed by atoms with van der Waals surface area (Å²) in [6.45, 7) is 2.36. The normalized spacial score (nSPS) is 10.6. The van der Waals surface area contributed by atoms with E-state index in [1.54, 1.807) is 19.1 Å². The number of hydrogen-bond acceptors (Lipinski definition) is 2. The molecule has 0 bridgehead atoms. The molecule has 0 aliphatic heterocycles. The fourth-order valence-electron chi connectivity index (χ4n) is 2.56. The Balaban J connectivity index is 1.68. The molecule has 1 amide bonds. The van der Waals surface area contributed by atoms with E-state index in [2.05, 4.69) is 5.32 Å². The number of furan rings is 1. The van der Waals surface area contributed by atoms with Crippen molar-refractivity contribution in [3.63, 3.8) is 0 Å². The van der Waals surface area contributed by atoms with Gasteiger partial charge in [0.15, 0.2) is 0 Å². The number of amides is 1. The van der Waals surface area contributed by atoms with Crippen molar-refractivity contribution < 1.29 is 9.21 Å². The highest BCUT2D eigenvalue weighted by Crippen LogP contribution is 2.30. The molecule has 0 fully saturated rings. The molecule has 1 heterocycles. The lowest BCUT2D eigenvalue weighted by molar-refractivity contribution is 0.0952. The summed E-state index contributed by atoms with van der Waals surface area (Å²) in [6, 6.07) is 19.2. The minimum absolute atomic E-state index is 0.134. The third-order valence-corrected chi connectivity index (χ3v) is 4.17. The van der Waals surface area contributed by atoms with Crippen LogP contribution in [0.4, 0.5) is 0 Å². The number of hydrogen-bond donors (Lipinski definition) is 1. The third kappa shape index (κ3) is 3.69. The Bertz CT molecular complexity index is 840. The smallest absolute Gasteiger partial charge is 0.254 e. The van der Waals surface area contributed by atoms with Crippen LogP contribution >= 0.6 is 11.6 Å². The second kappa shape index (κ2) is 7.37. The van der Waals surface area contributed by atoms with Crippen LogP contribution in [-0.2, 0) is 6.42 Å². The van der Waals surface area contributed by atoms with Crippen molar-refractivity contribution in [1.82, 2.24) is 5.32 Å². The molecule has 4 heteroatoms. The van der Waals surface area contributed by atoms with E-state index in [9.17, 15) is 4.79 Å². The van der Waals surface area contributed by atoms with Crippen LogP contribution in [0.1, 0.15) is 21.7 Å². The molecule has 122 valence electrons. The van der Waals surface area contributed by atoms with Crippen molar-refractivity contribution in [1.29, 1.82) is 0 Å². The van der Waals surface area contributed by atoms with Crippen molar-refractivity contribution in [2.75, 3.05) is 6.54 Å². The molecule has 0 atom stereocenters. The molecular weight excluding hydrogens is 322 g/mol. The van der Waals surface area contributed by atoms with Gasteiger partial charge in [-0.05, 0) is 37.1 Å². The van der Waals surface area contributed by atoms with Gasteiger partial charge in [0.05, 0.1) is 10.6 Å². The Morgan fingerprint density at radius 1 is 1.08 bits per heavy atom. The number of aryl methyl sites for hydroxylation is 1. The molecule has 1 aromatic heterocycles. The lowest BCUT2D eigenvalue weighted by Gasteiger charge is -2.04. The predicted octanol–water partition coefficient (Wildman–Crippen LogP) is 4.88. The van der Waals surface area contributed by atoms with E-state index in [1.165, 1.54) is 5.56 Å². The first-order valence-corrected chi connectivity index (χ1v) is 8.20. The van der Waals surface area contributed by atoms with E-state index < -0.39 is 0 Å². The maximum Gasteiger partial charge on any atom is 0.254 e. The van der Waals surface area contributed by atoms with Crippen molar-refractivity contribution in [3.05, 3.63) is 82.6 Å². The zero-order valence-corrected chi connectivity index (χ0v) is 14.1. The van der Waals surface area contributed by atoms with Gasteiger partial charge in [-0.3, -0.25) is 4.79 Å². The molecular formula is C20H18ClNO2. The quantitative estimate of drug-likeness (QED) is 0.719. The topological polar surface area (TPSA) is 42.2 Å². The molecule has 0 saturated heterocycles. The summed E-state index contributed by atoms with van der Waals surface area (Å²) in [7, 11) is 0. The maximum atomic E-state index is 12.4. The summed E-state index contributed by atoms with van der Waals surface area (Å²) in [4.78, 5) is 12.4. The third-order valence-electron chi connectivity index (χ3n) is 3.84. The van der Waals surface area contributed by atoms with Crippen LogP contribution in [0.15, 0.2) is 65.1 Å². The SMILES string of the molecule is Cc1oc(-c2ccccc2Cl)cc1C(=O)NCCc1ccccc1. The molecule has 0 aliphatic carbocycles. The highest BCUT2D eigenvalue weighted by Gasteiger charge is 2.16. The van der Waals surface area contributed by atoms with Crippen LogP contribution in [0, 0.1) is 6.92 Å². The maximum absolute atomic E-state index is 12.4. The van der Waals surface area contributed by atoms with Crippen LogP contribution in [0.25, 0.3) is 11.3 Å². The Morgan fingerprint density at radius 2 is 1.79 bits per heavy atom. The highest BCUT2D eigenvalue weighted by molar-refractivity contribution is 6.33. The fourth-order valence-corrected chi connectivity index (χ4v) is 2.79. The van der Waals surface area contributed by atoms with Crippen LogP contribution in [0.5, 0.6) is 0 Å². The van der Waals surface area contributed by atoms with E-state index in [-0.39, 0.29) is 5.91 Å². The summed E-state index contributed by atoms with van der Waals surface area (Å²) < 4.78 is 5.72. The average molecular weight is 340 g/mol. The van der Waals surface area contributed by atoms with E-state index in [0.29, 0.717) is 28.7 Å². The Kier molecular flexibility index (Phi) is 5.02. The van der Waals surface area contributed by atoms with Gasteiger partial charge in [-0.25, -0.2) is 0 Å². The molecule has 24 heavy (non-hydrogen) atoms. The largest absolute Gasteiger partial charge is 0.460 e. The first-order chi connectivity index (χ1) is 11.6. The van der Waals surface area contributed by atoms with Crippen molar-refractivity contribution >= 4 is 17.5 Å². The average Bonchev–Trinajstić information content (AvgIpc) is 2.98. The Hall–Kier alpha value is -2.52. The summed E-state index contributed by atoms with van der Waals surface area (Å²) in [6.07, 6.45) is 0.793. The first-order valence-electron chi connectivity index (χ1n) is 7.82. The molecule has 0 spiro atoms. The number of rotatable bonds is 5. The monoisotopic (exact) mass is 339 g/mol. The number of benzene rings is 2. The van der Waals surface area contributed by atoms with E-state index in [0.717, 1.165) is 12.0 Å². The number of nitrogens with one attached hydrogen (secondary N) is 1. The minimum Gasteiger partial charge on any atom is -0.460 e. The van der Waals surface area contributed by atoms with E-state index in [1.807, 2.05) is 48.5 Å². The lowest BCUT2D eigenvalue weighted by atomic mass is 10.1. The molecule has 0 saturated carbocycles. The standard InChI is InChI=1S/C20H18ClNO2/c1-14-17(13-19(24-14)16-9-5-6-10-18(16)21)20(23)22-12-11-15-7-3-2-4-8-15/h2-10,13H,11-12H2,1H3,(H,22,23). The van der Waals surface area contributed by atoms with Gasteiger partial charge < -0.3 is 9.73 Å². The Labute approximate surface area is 146 Å². The van der Waals surface area contributed by atoms with Gasteiger partial charge in [0.1, 0.15) is 11.5 Å². The molecule has 3 aromatic rings. The van der Waals surface area contributed by atoms with Gasteiger partial charge in [0.2, 0.25) is 0 Å². The summed E-state index contributed by atoms with van der Waals surface area (Å²) in [5.74, 6) is 1.05. The van der Waals surface area contributed by atoms with Crippen molar-refractivity contribution in [2.45, 2.75) is 13.3 Å². The van der Waals surface area contributed by atoms with Gasteiger partial charge >= 0.3 is 0 Å². The van der Waals surface area contributed by atoms with Crippen molar-refractivity contribution in [2.24, 2.45) is 0 Å². The summed E-state index contributed by atoms with van der Waals surface area (Å²) in [5, 5.41) is 3.54. The Morgan fingerprint density at radius 3 is 2.54 bits per heavy atom. The summed E-state index contributed by atoms with van der Waals surface area (Å²) in [5.41, 5.74) is 2.52. The van der Waals surface area contributed by atoms with Gasteiger partial charge in [0.25, 0.3) is 5.91 Å². The molecule has 0 unspecified atom stereocenters. The van der Waals surface area contributed by atoms with Gasteiger partial charge in [0, 0.05) is 12.1 Å². The highest BCUT2D eigenvalue weighted by atomic mass is 35.5. The van der Waals surface area contributed by atoms with Gasteiger partial charge in [-0.15, -0.1) is 0 Å². The second-order valence-corrected chi connectivity index (χ2v) is 5.96. The van der Waals surface area contributed by atoms with Gasteiger partial charge in [-0.1, -0.05) is 54.1 Å². The first kappa shape index (κ1) is 16.3. The van der Waals surface area contributed by atoms with Crippen LogP contribution in [-0.4, -0.2) is 12.5 Å².